The molecule has 1 heterocycles. The third-order valence-corrected chi connectivity index (χ3v) is 4.07. The van der Waals surface area contributed by atoms with E-state index in [-0.39, 0.29) is 5.71 Å². The summed E-state index contributed by atoms with van der Waals surface area (Å²) in [5, 5.41) is 18.6. The Morgan fingerprint density at radius 3 is 2.06 bits per heavy atom. The summed E-state index contributed by atoms with van der Waals surface area (Å²) < 4.78 is 0. The molecule has 0 fully saturated rings. The quantitative estimate of drug-likeness (QED) is 0.785. The maximum absolute atomic E-state index is 11.5. The SMILES string of the molecule is CCC1(C)N=C(C(=O)O)C(C)(CC)C1C(=O)O. The molecule has 17 heavy (non-hydrogen) atoms. The lowest BCUT2D eigenvalue weighted by Crippen LogP contribution is -2.45. The van der Waals surface area contributed by atoms with Gasteiger partial charge in [0.05, 0.1) is 11.5 Å². The van der Waals surface area contributed by atoms with Gasteiger partial charge < -0.3 is 10.2 Å². The molecule has 5 nitrogen and oxygen atoms in total. The summed E-state index contributed by atoms with van der Waals surface area (Å²) in [6.07, 6.45) is 0.959. The van der Waals surface area contributed by atoms with E-state index in [1.165, 1.54) is 0 Å². The van der Waals surface area contributed by atoms with Gasteiger partial charge in [-0.2, -0.15) is 0 Å². The topological polar surface area (TPSA) is 87.0 Å². The first-order valence-electron chi connectivity index (χ1n) is 5.79. The lowest BCUT2D eigenvalue weighted by atomic mass is 9.66. The van der Waals surface area contributed by atoms with Gasteiger partial charge in [-0.3, -0.25) is 9.79 Å². The van der Waals surface area contributed by atoms with Crippen molar-refractivity contribution in [2.45, 2.75) is 46.1 Å². The van der Waals surface area contributed by atoms with E-state index in [0.717, 1.165) is 0 Å². The maximum Gasteiger partial charge on any atom is 0.350 e. The van der Waals surface area contributed by atoms with Crippen LogP contribution < -0.4 is 0 Å². The molecule has 0 spiro atoms. The Labute approximate surface area is 101 Å². The van der Waals surface area contributed by atoms with Gasteiger partial charge in [-0.15, -0.1) is 0 Å². The maximum atomic E-state index is 11.5. The van der Waals surface area contributed by atoms with Gasteiger partial charge in [0.25, 0.3) is 0 Å². The van der Waals surface area contributed by atoms with Gasteiger partial charge in [0.2, 0.25) is 0 Å². The van der Waals surface area contributed by atoms with Crippen LogP contribution in [-0.4, -0.2) is 33.4 Å². The molecule has 1 aliphatic heterocycles. The van der Waals surface area contributed by atoms with E-state index in [1.807, 2.05) is 6.92 Å². The van der Waals surface area contributed by atoms with Gasteiger partial charge in [0.15, 0.2) is 0 Å². The molecule has 0 saturated carbocycles. The van der Waals surface area contributed by atoms with E-state index in [1.54, 1.807) is 20.8 Å². The second-order valence-electron chi connectivity index (χ2n) is 5.02. The number of aliphatic imine (C=N–C) groups is 1. The molecule has 3 unspecified atom stereocenters. The molecule has 0 saturated heterocycles. The van der Waals surface area contributed by atoms with Crippen molar-refractivity contribution in [2.75, 3.05) is 0 Å². The fraction of sp³-hybridized carbons (Fsp3) is 0.750. The van der Waals surface area contributed by atoms with Gasteiger partial charge >= 0.3 is 11.9 Å². The first-order chi connectivity index (χ1) is 7.73. The summed E-state index contributed by atoms with van der Waals surface area (Å²) >= 11 is 0. The van der Waals surface area contributed by atoms with Crippen molar-refractivity contribution in [3.8, 4) is 0 Å². The second-order valence-corrected chi connectivity index (χ2v) is 5.02. The van der Waals surface area contributed by atoms with Crippen molar-refractivity contribution in [2.24, 2.45) is 16.3 Å². The zero-order valence-corrected chi connectivity index (χ0v) is 10.6. The number of nitrogens with zero attached hydrogens (tertiary/aromatic N) is 1. The van der Waals surface area contributed by atoms with Crippen molar-refractivity contribution in [1.82, 2.24) is 0 Å². The first-order valence-corrected chi connectivity index (χ1v) is 5.79. The van der Waals surface area contributed by atoms with Crippen LogP contribution in [0.4, 0.5) is 0 Å². The van der Waals surface area contributed by atoms with Crippen LogP contribution in [0.1, 0.15) is 40.5 Å². The highest BCUT2D eigenvalue weighted by Gasteiger charge is 2.58. The Hall–Kier alpha value is -1.39. The third-order valence-electron chi connectivity index (χ3n) is 4.07. The summed E-state index contributed by atoms with van der Waals surface area (Å²) in [4.78, 5) is 26.9. The lowest BCUT2D eigenvalue weighted by Gasteiger charge is -2.34. The number of carboxylic acids is 2. The fourth-order valence-corrected chi connectivity index (χ4v) is 2.76. The minimum atomic E-state index is -1.11. The van der Waals surface area contributed by atoms with Crippen LogP contribution in [0.15, 0.2) is 4.99 Å². The van der Waals surface area contributed by atoms with Crippen molar-refractivity contribution >= 4 is 17.7 Å². The molecule has 0 aromatic rings. The Morgan fingerprint density at radius 1 is 1.24 bits per heavy atom. The standard InChI is InChI=1S/C12H19NO4/c1-5-11(3)7(9(14)15)12(4,6-2)13-8(11)10(16)17/h7H,5-6H2,1-4H3,(H,14,15)(H,16,17). The van der Waals surface area contributed by atoms with Crippen molar-refractivity contribution < 1.29 is 19.8 Å². The molecule has 0 amide bonds. The van der Waals surface area contributed by atoms with E-state index in [4.69, 9.17) is 0 Å². The Bertz CT molecular complexity index is 390. The largest absolute Gasteiger partial charge is 0.481 e. The molecule has 3 atom stereocenters. The third kappa shape index (κ3) is 1.83. The van der Waals surface area contributed by atoms with Crippen LogP contribution in [-0.2, 0) is 9.59 Å². The summed E-state index contributed by atoms with van der Waals surface area (Å²) in [6, 6.07) is 0. The zero-order chi connectivity index (χ0) is 13.4. The van der Waals surface area contributed by atoms with E-state index < -0.39 is 28.8 Å². The van der Waals surface area contributed by atoms with E-state index in [0.29, 0.717) is 12.8 Å². The predicted molar refractivity (Wildman–Crippen MR) is 63.3 cm³/mol. The molecule has 0 aromatic heterocycles. The molecule has 1 rings (SSSR count). The molecular weight excluding hydrogens is 222 g/mol. The molecule has 2 N–H and O–H groups in total. The number of rotatable bonds is 4. The van der Waals surface area contributed by atoms with Gasteiger partial charge in [-0.25, -0.2) is 4.79 Å². The van der Waals surface area contributed by atoms with Crippen LogP contribution in [0.5, 0.6) is 0 Å². The molecule has 1 aliphatic rings. The lowest BCUT2D eigenvalue weighted by molar-refractivity contribution is -0.147. The fourth-order valence-electron chi connectivity index (χ4n) is 2.76. The minimum Gasteiger partial charge on any atom is -0.481 e. The van der Waals surface area contributed by atoms with Crippen LogP contribution in [0.25, 0.3) is 0 Å². The molecule has 0 radical (unpaired) electrons. The average Bonchev–Trinajstić information content (AvgIpc) is 2.49. The monoisotopic (exact) mass is 241 g/mol. The highest BCUT2D eigenvalue weighted by Crippen LogP contribution is 2.49. The predicted octanol–water partition coefficient (Wildman–Crippen LogP) is 1.81. The Morgan fingerprint density at radius 2 is 1.76 bits per heavy atom. The molecular formula is C12H19NO4. The highest BCUT2D eigenvalue weighted by molar-refractivity contribution is 6.39. The molecule has 5 heteroatoms. The number of hydrogen-bond acceptors (Lipinski definition) is 3. The number of aliphatic carboxylic acids is 2. The first kappa shape index (κ1) is 13.7. The van der Waals surface area contributed by atoms with Crippen LogP contribution in [0.2, 0.25) is 0 Å². The van der Waals surface area contributed by atoms with Gasteiger partial charge in [0, 0.05) is 5.41 Å². The summed E-state index contributed by atoms with van der Waals surface area (Å²) in [7, 11) is 0. The van der Waals surface area contributed by atoms with Crippen LogP contribution in [0.3, 0.4) is 0 Å². The molecule has 0 aliphatic carbocycles. The van der Waals surface area contributed by atoms with Gasteiger partial charge in [-0.1, -0.05) is 20.8 Å². The minimum absolute atomic E-state index is 0.00301. The smallest absolute Gasteiger partial charge is 0.350 e. The van der Waals surface area contributed by atoms with Crippen molar-refractivity contribution in [3.63, 3.8) is 0 Å². The van der Waals surface area contributed by atoms with Crippen molar-refractivity contribution in [1.29, 1.82) is 0 Å². The van der Waals surface area contributed by atoms with Crippen molar-refractivity contribution in [3.05, 3.63) is 0 Å². The van der Waals surface area contributed by atoms with Gasteiger partial charge in [0.1, 0.15) is 5.71 Å². The number of hydrogen-bond donors (Lipinski definition) is 2. The highest BCUT2D eigenvalue weighted by atomic mass is 16.4. The number of carboxylic acid groups (broad SMARTS) is 2. The van der Waals surface area contributed by atoms with E-state index in [9.17, 15) is 19.8 Å². The Balaban J connectivity index is 3.40. The van der Waals surface area contributed by atoms with E-state index in [2.05, 4.69) is 4.99 Å². The zero-order valence-electron chi connectivity index (χ0n) is 10.6. The summed E-state index contributed by atoms with van der Waals surface area (Å²) in [6.45, 7) is 7.03. The molecule has 0 bridgehead atoms. The normalized spacial score (nSPS) is 36.7. The second kappa shape index (κ2) is 4.13. The van der Waals surface area contributed by atoms with Crippen LogP contribution in [0, 0.1) is 11.3 Å². The summed E-state index contributed by atoms with van der Waals surface area (Å²) in [5.41, 5.74) is -1.73. The molecule has 0 aromatic carbocycles. The Kier molecular flexibility index (Phi) is 3.32. The summed E-state index contributed by atoms with van der Waals surface area (Å²) in [5.74, 6) is -2.87. The van der Waals surface area contributed by atoms with E-state index >= 15 is 0 Å². The van der Waals surface area contributed by atoms with Crippen LogP contribution >= 0.6 is 0 Å². The molecule has 96 valence electrons. The average molecular weight is 241 g/mol. The number of carbonyl (C=O) groups is 2. The van der Waals surface area contributed by atoms with Gasteiger partial charge in [-0.05, 0) is 19.8 Å².